The molecular weight excluding hydrogens is 264 g/mol. The summed E-state index contributed by atoms with van der Waals surface area (Å²) >= 11 is 0. The van der Waals surface area contributed by atoms with Gasteiger partial charge >= 0.3 is 0 Å². The van der Waals surface area contributed by atoms with Crippen LogP contribution < -0.4 is 10.0 Å². The number of rotatable bonds is 2. The SMILES string of the molecule is Cc1cc2c(cc1N)N(S(=O)(=O)c1ccn[nH]1)CC2. The number of nitrogens with one attached hydrogen (secondary N) is 1. The van der Waals surface area contributed by atoms with Crippen molar-refractivity contribution in [3.8, 4) is 0 Å². The van der Waals surface area contributed by atoms with Crippen LogP contribution in [0.3, 0.4) is 0 Å². The van der Waals surface area contributed by atoms with Gasteiger partial charge in [-0.15, -0.1) is 0 Å². The number of aryl methyl sites for hydroxylation is 1. The molecule has 3 rings (SSSR count). The van der Waals surface area contributed by atoms with Gasteiger partial charge in [-0.05, 0) is 36.6 Å². The quantitative estimate of drug-likeness (QED) is 0.803. The van der Waals surface area contributed by atoms with Crippen LogP contribution in [0, 0.1) is 6.92 Å². The van der Waals surface area contributed by atoms with Crippen LogP contribution in [0.4, 0.5) is 11.4 Å². The number of benzene rings is 1. The van der Waals surface area contributed by atoms with Crippen LogP contribution in [-0.4, -0.2) is 25.2 Å². The Morgan fingerprint density at radius 3 is 2.89 bits per heavy atom. The first-order valence-electron chi connectivity index (χ1n) is 5.91. The van der Waals surface area contributed by atoms with E-state index in [-0.39, 0.29) is 5.03 Å². The van der Waals surface area contributed by atoms with Crippen molar-refractivity contribution in [2.45, 2.75) is 18.4 Å². The molecule has 0 unspecified atom stereocenters. The maximum absolute atomic E-state index is 12.5. The van der Waals surface area contributed by atoms with E-state index in [0.29, 0.717) is 24.3 Å². The number of aromatic nitrogens is 2. The second-order valence-electron chi connectivity index (χ2n) is 4.59. The minimum absolute atomic E-state index is 0.0968. The largest absolute Gasteiger partial charge is 0.398 e. The number of aromatic amines is 1. The van der Waals surface area contributed by atoms with Gasteiger partial charge in [0.1, 0.15) is 0 Å². The topological polar surface area (TPSA) is 92.1 Å². The standard InChI is InChI=1S/C12H14N4O2S/c1-8-6-9-3-5-16(11(9)7-10(8)13)19(17,18)12-2-4-14-15-12/h2,4,6-7H,3,5,13H2,1H3,(H,14,15). The van der Waals surface area contributed by atoms with E-state index >= 15 is 0 Å². The number of nitrogen functional groups attached to an aromatic ring is 1. The van der Waals surface area contributed by atoms with E-state index < -0.39 is 10.0 Å². The van der Waals surface area contributed by atoms with Gasteiger partial charge in [0, 0.05) is 12.2 Å². The van der Waals surface area contributed by atoms with Gasteiger partial charge in [-0.25, -0.2) is 0 Å². The Labute approximate surface area is 111 Å². The van der Waals surface area contributed by atoms with Crippen molar-refractivity contribution in [1.29, 1.82) is 0 Å². The summed E-state index contributed by atoms with van der Waals surface area (Å²) in [5, 5.41) is 6.29. The molecular formula is C12H14N4O2S. The molecule has 2 heterocycles. The van der Waals surface area contributed by atoms with Gasteiger partial charge in [0.2, 0.25) is 0 Å². The summed E-state index contributed by atoms with van der Waals surface area (Å²) in [5.41, 5.74) is 9.12. The van der Waals surface area contributed by atoms with Crippen molar-refractivity contribution in [3.63, 3.8) is 0 Å². The van der Waals surface area contributed by atoms with Crippen molar-refractivity contribution in [2.24, 2.45) is 0 Å². The van der Waals surface area contributed by atoms with Crippen LogP contribution in [0.25, 0.3) is 0 Å². The first-order valence-corrected chi connectivity index (χ1v) is 7.35. The molecule has 100 valence electrons. The highest BCUT2D eigenvalue weighted by Gasteiger charge is 2.32. The minimum Gasteiger partial charge on any atom is -0.398 e. The molecule has 0 atom stereocenters. The first-order chi connectivity index (χ1) is 9.00. The Kier molecular flexibility index (Phi) is 2.53. The monoisotopic (exact) mass is 278 g/mol. The lowest BCUT2D eigenvalue weighted by molar-refractivity contribution is 0.588. The lowest BCUT2D eigenvalue weighted by atomic mass is 10.1. The van der Waals surface area contributed by atoms with Gasteiger partial charge < -0.3 is 5.73 Å². The lowest BCUT2D eigenvalue weighted by Gasteiger charge is -2.19. The van der Waals surface area contributed by atoms with Gasteiger partial charge in [-0.2, -0.15) is 13.5 Å². The molecule has 19 heavy (non-hydrogen) atoms. The number of hydrogen-bond acceptors (Lipinski definition) is 4. The highest BCUT2D eigenvalue weighted by molar-refractivity contribution is 7.92. The van der Waals surface area contributed by atoms with E-state index in [1.165, 1.54) is 16.6 Å². The number of sulfonamides is 1. The molecule has 0 spiro atoms. The highest BCUT2D eigenvalue weighted by Crippen LogP contribution is 2.35. The van der Waals surface area contributed by atoms with Crippen LogP contribution in [0.5, 0.6) is 0 Å². The average molecular weight is 278 g/mol. The number of anilines is 2. The van der Waals surface area contributed by atoms with Crippen LogP contribution in [-0.2, 0) is 16.4 Å². The summed E-state index contributed by atoms with van der Waals surface area (Å²) in [6, 6.07) is 5.13. The van der Waals surface area contributed by atoms with Crippen LogP contribution in [0.15, 0.2) is 29.4 Å². The predicted molar refractivity (Wildman–Crippen MR) is 72.4 cm³/mol. The number of fused-ring (bicyclic) bond motifs is 1. The van der Waals surface area contributed by atoms with Crippen LogP contribution in [0.1, 0.15) is 11.1 Å². The highest BCUT2D eigenvalue weighted by atomic mass is 32.2. The van der Waals surface area contributed by atoms with E-state index in [0.717, 1.165) is 11.1 Å². The number of nitrogens with two attached hydrogens (primary N) is 1. The van der Waals surface area contributed by atoms with E-state index in [2.05, 4.69) is 10.2 Å². The molecule has 1 aromatic heterocycles. The average Bonchev–Trinajstić information content (AvgIpc) is 2.98. The Hall–Kier alpha value is -2.02. The lowest BCUT2D eigenvalue weighted by Crippen LogP contribution is -2.29. The normalized spacial score (nSPS) is 14.7. The minimum atomic E-state index is -3.58. The molecule has 2 aromatic rings. The Bertz CT molecular complexity index is 722. The van der Waals surface area contributed by atoms with E-state index in [9.17, 15) is 8.42 Å². The third-order valence-electron chi connectivity index (χ3n) is 3.36. The zero-order valence-electron chi connectivity index (χ0n) is 10.4. The van der Waals surface area contributed by atoms with Crippen molar-refractivity contribution in [1.82, 2.24) is 10.2 Å². The fourth-order valence-corrected chi connectivity index (χ4v) is 3.70. The van der Waals surface area contributed by atoms with Gasteiger partial charge in [0.25, 0.3) is 10.0 Å². The van der Waals surface area contributed by atoms with E-state index in [1.807, 2.05) is 13.0 Å². The van der Waals surface area contributed by atoms with Crippen LogP contribution >= 0.6 is 0 Å². The Balaban J connectivity index is 2.11. The van der Waals surface area contributed by atoms with Crippen molar-refractivity contribution in [2.75, 3.05) is 16.6 Å². The molecule has 1 aliphatic heterocycles. The van der Waals surface area contributed by atoms with Crippen molar-refractivity contribution >= 4 is 21.4 Å². The maximum atomic E-state index is 12.5. The second kappa shape index (κ2) is 3.99. The zero-order valence-corrected chi connectivity index (χ0v) is 11.2. The van der Waals surface area contributed by atoms with E-state index in [4.69, 9.17) is 5.73 Å². The van der Waals surface area contributed by atoms with Crippen LogP contribution in [0.2, 0.25) is 0 Å². The van der Waals surface area contributed by atoms with E-state index in [1.54, 1.807) is 6.07 Å². The molecule has 0 bridgehead atoms. The van der Waals surface area contributed by atoms with Gasteiger partial charge in [0.05, 0.1) is 11.9 Å². The molecule has 0 fully saturated rings. The molecule has 1 aliphatic rings. The molecule has 0 radical (unpaired) electrons. The number of H-pyrrole nitrogens is 1. The molecule has 0 saturated heterocycles. The summed E-state index contributed by atoms with van der Waals surface area (Å²) in [4.78, 5) is 0. The summed E-state index contributed by atoms with van der Waals surface area (Å²) in [6.07, 6.45) is 2.12. The Morgan fingerprint density at radius 2 is 2.21 bits per heavy atom. The molecule has 0 aliphatic carbocycles. The molecule has 0 amide bonds. The molecule has 3 N–H and O–H groups in total. The molecule has 7 heteroatoms. The zero-order chi connectivity index (χ0) is 13.6. The van der Waals surface area contributed by atoms with Crippen molar-refractivity contribution < 1.29 is 8.42 Å². The van der Waals surface area contributed by atoms with Crippen molar-refractivity contribution in [3.05, 3.63) is 35.5 Å². The second-order valence-corrected chi connectivity index (χ2v) is 6.42. The molecule has 6 nitrogen and oxygen atoms in total. The summed E-state index contributed by atoms with van der Waals surface area (Å²) in [5.74, 6) is 0. The fraction of sp³-hybridized carbons (Fsp3) is 0.250. The predicted octanol–water partition coefficient (Wildman–Crippen LogP) is 1.05. The van der Waals surface area contributed by atoms with Gasteiger partial charge in [0.15, 0.2) is 5.03 Å². The summed E-state index contributed by atoms with van der Waals surface area (Å²) in [6.45, 7) is 2.35. The molecule has 1 aromatic carbocycles. The summed E-state index contributed by atoms with van der Waals surface area (Å²) in [7, 11) is -3.58. The first kappa shape index (κ1) is 12.0. The third kappa shape index (κ3) is 1.77. The number of nitrogens with zero attached hydrogens (tertiary/aromatic N) is 2. The maximum Gasteiger partial charge on any atom is 0.281 e. The van der Waals surface area contributed by atoms with Gasteiger partial charge in [-0.1, -0.05) is 6.07 Å². The Morgan fingerprint density at radius 1 is 1.42 bits per heavy atom. The van der Waals surface area contributed by atoms with Gasteiger partial charge in [-0.3, -0.25) is 9.40 Å². The number of hydrogen-bond donors (Lipinski definition) is 2. The molecule has 0 saturated carbocycles. The third-order valence-corrected chi connectivity index (χ3v) is 5.11. The fourth-order valence-electron chi connectivity index (χ4n) is 2.30. The summed E-state index contributed by atoms with van der Waals surface area (Å²) < 4.78 is 26.3. The smallest absolute Gasteiger partial charge is 0.281 e.